The van der Waals surface area contributed by atoms with Crippen molar-refractivity contribution in [3.8, 4) is 0 Å². The van der Waals surface area contributed by atoms with Gasteiger partial charge < -0.3 is 20.0 Å². The van der Waals surface area contributed by atoms with E-state index in [2.05, 4.69) is 5.32 Å². The molecule has 1 aromatic rings. The van der Waals surface area contributed by atoms with E-state index in [-0.39, 0.29) is 5.56 Å². The van der Waals surface area contributed by atoms with E-state index in [1.807, 2.05) is 0 Å². The molecule has 2 N–H and O–H groups in total. The Hall–Kier alpha value is -2.37. The summed E-state index contributed by atoms with van der Waals surface area (Å²) < 4.78 is 5.05. The number of alkyl carbamates (subject to hydrolysis) is 1. The van der Waals surface area contributed by atoms with E-state index >= 15 is 0 Å². The summed E-state index contributed by atoms with van der Waals surface area (Å²) in [4.78, 5) is 33.4. The van der Waals surface area contributed by atoms with Crippen LogP contribution in [0.1, 0.15) is 42.7 Å². The van der Waals surface area contributed by atoms with Crippen LogP contribution in [0, 0.1) is 0 Å². The van der Waals surface area contributed by atoms with Crippen LogP contribution in [0.2, 0.25) is 0 Å². The first-order chi connectivity index (χ1) is 9.23. The molecule has 0 radical (unpaired) electrons. The zero-order valence-electron chi connectivity index (χ0n) is 11.5. The molecule has 0 bridgehead atoms. The Morgan fingerprint density at radius 2 is 1.80 bits per heavy atom. The van der Waals surface area contributed by atoms with E-state index < -0.39 is 23.7 Å². The Bertz CT molecular complexity index is 501. The van der Waals surface area contributed by atoms with Crippen molar-refractivity contribution in [2.45, 2.75) is 32.4 Å². The van der Waals surface area contributed by atoms with Gasteiger partial charge in [0, 0.05) is 0 Å². The van der Waals surface area contributed by atoms with Gasteiger partial charge in [-0.1, -0.05) is 12.1 Å². The van der Waals surface area contributed by atoms with Gasteiger partial charge in [0.2, 0.25) is 0 Å². The van der Waals surface area contributed by atoms with Crippen molar-refractivity contribution < 1.29 is 24.2 Å². The van der Waals surface area contributed by atoms with Gasteiger partial charge in [0.25, 0.3) is 0 Å². The maximum atomic E-state index is 11.6. The smallest absolute Gasteiger partial charge is 0.408 e. The highest BCUT2D eigenvalue weighted by Gasteiger charge is 2.20. The molecule has 0 aliphatic carbocycles. The minimum Gasteiger partial charge on any atom is -0.478 e. The Kier molecular flexibility index (Phi) is 4.85. The van der Waals surface area contributed by atoms with Crippen LogP contribution in [0.15, 0.2) is 24.3 Å². The molecule has 0 heterocycles. The van der Waals surface area contributed by atoms with Gasteiger partial charge in [-0.2, -0.15) is 0 Å². The molecule has 6 nitrogen and oxygen atoms in total. The van der Waals surface area contributed by atoms with Gasteiger partial charge in [0.15, 0.2) is 0 Å². The van der Waals surface area contributed by atoms with Crippen LogP contribution in [0.5, 0.6) is 0 Å². The number of carbonyl (C=O) groups is 3. The number of ether oxygens (including phenoxy) is 1. The molecular formula is C14H17NO5. The molecule has 108 valence electrons. The topological polar surface area (TPSA) is 92.7 Å². The Balaban J connectivity index is 2.78. The predicted molar refractivity (Wildman–Crippen MR) is 71.6 cm³/mol. The third kappa shape index (κ3) is 4.72. The van der Waals surface area contributed by atoms with Crippen molar-refractivity contribution in [1.82, 2.24) is 5.32 Å². The molecule has 1 unspecified atom stereocenters. The number of aromatic carboxylic acids is 1. The van der Waals surface area contributed by atoms with Crippen LogP contribution in [0.4, 0.5) is 4.79 Å². The summed E-state index contributed by atoms with van der Waals surface area (Å²) in [6.07, 6.45) is -0.156. The summed E-state index contributed by atoms with van der Waals surface area (Å²) in [5.41, 5.74) is -0.0726. The van der Waals surface area contributed by atoms with Crippen LogP contribution >= 0.6 is 0 Å². The first-order valence-electron chi connectivity index (χ1n) is 6.01. The molecule has 6 heteroatoms. The van der Waals surface area contributed by atoms with E-state index in [4.69, 9.17) is 9.84 Å². The molecule has 1 atom stereocenters. The summed E-state index contributed by atoms with van der Waals surface area (Å²) in [6.45, 7) is 5.14. The van der Waals surface area contributed by atoms with E-state index in [9.17, 15) is 14.4 Å². The number of carbonyl (C=O) groups excluding carboxylic acids is 2. The molecule has 0 aromatic heterocycles. The number of carboxylic acid groups (broad SMARTS) is 1. The SMILES string of the molecule is CC(C)(C)OC(=O)NC(C=O)c1ccc(C(=O)O)cc1. The van der Waals surface area contributed by atoms with Crippen molar-refractivity contribution >= 4 is 18.3 Å². The molecule has 0 saturated heterocycles. The number of aldehydes is 1. The number of benzene rings is 1. The largest absolute Gasteiger partial charge is 0.478 e. The van der Waals surface area contributed by atoms with Crippen molar-refractivity contribution in [1.29, 1.82) is 0 Å². The van der Waals surface area contributed by atoms with Gasteiger partial charge in [-0.25, -0.2) is 9.59 Å². The lowest BCUT2D eigenvalue weighted by Gasteiger charge is -2.21. The number of amides is 1. The summed E-state index contributed by atoms with van der Waals surface area (Å²) >= 11 is 0. The maximum Gasteiger partial charge on any atom is 0.408 e. The normalized spacial score (nSPS) is 12.3. The molecule has 1 amide bonds. The molecule has 0 aliphatic rings. The third-order valence-electron chi connectivity index (χ3n) is 2.33. The lowest BCUT2D eigenvalue weighted by atomic mass is 10.1. The summed E-state index contributed by atoms with van der Waals surface area (Å²) in [6, 6.07) is 4.79. The average Bonchev–Trinajstić information content (AvgIpc) is 2.34. The number of hydrogen-bond acceptors (Lipinski definition) is 4. The average molecular weight is 279 g/mol. The summed E-state index contributed by atoms with van der Waals surface area (Å²) in [5.74, 6) is -1.06. The van der Waals surface area contributed by atoms with Crippen LogP contribution in [0.25, 0.3) is 0 Å². The molecular weight excluding hydrogens is 262 g/mol. The fourth-order valence-electron chi connectivity index (χ4n) is 1.46. The number of hydrogen-bond donors (Lipinski definition) is 2. The zero-order valence-corrected chi connectivity index (χ0v) is 11.5. The molecule has 1 rings (SSSR count). The van der Waals surface area contributed by atoms with Gasteiger partial charge in [0.1, 0.15) is 17.9 Å². The quantitative estimate of drug-likeness (QED) is 0.824. The maximum absolute atomic E-state index is 11.6. The molecule has 0 fully saturated rings. The second kappa shape index (κ2) is 6.18. The lowest BCUT2D eigenvalue weighted by Crippen LogP contribution is -2.35. The van der Waals surface area contributed by atoms with Gasteiger partial charge in [0.05, 0.1) is 5.56 Å². The standard InChI is InChI=1S/C14H17NO5/c1-14(2,3)20-13(19)15-11(8-16)9-4-6-10(7-5-9)12(17)18/h4-8,11H,1-3H3,(H,15,19)(H,17,18). The Morgan fingerprint density at radius 1 is 1.25 bits per heavy atom. The second-order valence-corrected chi connectivity index (χ2v) is 5.19. The van der Waals surface area contributed by atoms with Gasteiger partial charge in [-0.3, -0.25) is 0 Å². The molecule has 20 heavy (non-hydrogen) atoms. The number of carboxylic acids is 1. The first-order valence-corrected chi connectivity index (χ1v) is 6.01. The van der Waals surface area contributed by atoms with Gasteiger partial charge in [-0.15, -0.1) is 0 Å². The van der Waals surface area contributed by atoms with Crippen molar-refractivity contribution in [3.05, 3.63) is 35.4 Å². The summed E-state index contributed by atoms with van der Waals surface area (Å²) in [5, 5.41) is 11.2. The van der Waals surface area contributed by atoms with Crippen LogP contribution in [-0.2, 0) is 9.53 Å². The highest BCUT2D eigenvalue weighted by atomic mass is 16.6. The first kappa shape index (κ1) is 15.7. The van der Waals surface area contributed by atoms with Crippen molar-refractivity contribution in [2.24, 2.45) is 0 Å². The molecule has 0 aliphatic heterocycles. The fraction of sp³-hybridized carbons (Fsp3) is 0.357. The van der Waals surface area contributed by atoms with Crippen LogP contribution < -0.4 is 5.32 Å². The highest BCUT2D eigenvalue weighted by Crippen LogP contribution is 2.14. The van der Waals surface area contributed by atoms with Crippen LogP contribution in [-0.4, -0.2) is 29.1 Å². The molecule has 0 saturated carbocycles. The Labute approximate surface area is 116 Å². The Morgan fingerprint density at radius 3 is 2.20 bits per heavy atom. The van der Waals surface area contributed by atoms with Crippen LogP contribution in [0.3, 0.4) is 0 Å². The van der Waals surface area contributed by atoms with Gasteiger partial charge in [-0.05, 0) is 38.5 Å². The fourth-order valence-corrected chi connectivity index (χ4v) is 1.46. The summed E-state index contributed by atoms with van der Waals surface area (Å²) in [7, 11) is 0. The van der Waals surface area contributed by atoms with Gasteiger partial charge >= 0.3 is 12.1 Å². The predicted octanol–water partition coefficient (Wildman–Crippen LogP) is 2.15. The minimum absolute atomic E-state index is 0.107. The van der Waals surface area contributed by atoms with E-state index in [0.717, 1.165) is 0 Å². The molecule has 1 aromatic carbocycles. The van der Waals surface area contributed by atoms with E-state index in [0.29, 0.717) is 11.8 Å². The second-order valence-electron chi connectivity index (χ2n) is 5.19. The van der Waals surface area contributed by atoms with E-state index in [1.54, 1.807) is 20.8 Å². The monoisotopic (exact) mass is 279 g/mol. The minimum atomic E-state index is -1.06. The zero-order chi connectivity index (χ0) is 15.3. The lowest BCUT2D eigenvalue weighted by molar-refractivity contribution is -0.109. The van der Waals surface area contributed by atoms with E-state index in [1.165, 1.54) is 24.3 Å². The molecule has 0 spiro atoms. The highest BCUT2D eigenvalue weighted by molar-refractivity contribution is 5.87. The van der Waals surface area contributed by atoms with Crippen molar-refractivity contribution in [2.75, 3.05) is 0 Å². The number of nitrogens with one attached hydrogen (secondary N) is 1. The number of rotatable bonds is 4. The van der Waals surface area contributed by atoms with Crippen molar-refractivity contribution in [3.63, 3.8) is 0 Å². The third-order valence-corrected chi connectivity index (χ3v) is 2.33.